The number of benzene rings is 1. The lowest BCUT2D eigenvalue weighted by atomic mass is 10.0. The summed E-state index contributed by atoms with van der Waals surface area (Å²) in [6.07, 6.45) is 6.47. The van der Waals surface area contributed by atoms with Crippen LogP contribution in [-0.4, -0.2) is 47.2 Å². The van der Waals surface area contributed by atoms with Crippen molar-refractivity contribution >= 4 is 32.7 Å². The molecule has 152 valence electrons. The number of amidine groups is 1. The Balaban J connectivity index is 1.49. The highest BCUT2D eigenvalue weighted by Crippen LogP contribution is 2.39. The van der Waals surface area contributed by atoms with Crippen molar-refractivity contribution in [3.8, 4) is 0 Å². The second kappa shape index (κ2) is 8.19. The number of carbonyl (C=O) groups excluding carboxylic acids is 1. The van der Waals surface area contributed by atoms with E-state index in [0.29, 0.717) is 24.1 Å². The number of carbonyl (C=O) groups is 1. The van der Waals surface area contributed by atoms with Gasteiger partial charge in [0.2, 0.25) is 5.91 Å². The number of sulfone groups is 1. The fourth-order valence-corrected chi connectivity index (χ4v) is 8.47. The highest BCUT2D eigenvalue weighted by molar-refractivity contribution is 8.15. The Kier molecular flexibility index (Phi) is 5.83. The topological polar surface area (TPSA) is 66.8 Å². The summed E-state index contributed by atoms with van der Waals surface area (Å²) in [5, 5.41) is 0.693. The minimum atomic E-state index is -3.01. The molecule has 2 atom stereocenters. The summed E-state index contributed by atoms with van der Waals surface area (Å²) in [5.41, 5.74) is 2.30. The molecule has 28 heavy (non-hydrogen) atoms. The van der Waals surface area contributed by atoms with Crippen LogP contribution < -0.4 is 0 Å². The van der Waals surface area contributed by atoms with Gasteiger partial charge in [0.1, 0.15) is 0 Å². The summed E-state index contributed by atoms with van der Waals surface area (Å²) in [6, 6.07) is 8.17. The van der Waals surface area contributed by atoms with E-state index >= 15 is 0 Å². The number of thioether (sulfide) groups is 1. The normalized spacial score (nSPS) is 28.2. The number of hydrogen-bond donors (Lipinski definition) is 0. The van der Waals surface area contributed by atoms with Crippen LogP contribution in [0.2, 0.25) is 0 Å². The first-order valence-electron chi connectivity index (χ1n) is 10.2. The average Bonchev–Trinajstić information content (AvgIpc) is 3.32. The standard InChI is InChI=1S/C21H28N2O3S2/c1-15-6-8-17(9-7-15)12-23-18-13-28(25,26)14-19(18)27-21(23)22-20(24)11-10-16-4-2-3-5-16/h6-9,16,18-19H,2-5,10-14H2,1H3/t18-,19+/m0/s1. The largest absolute Gasteiger partial charge is 0.342 e. The Labute approximate surface area is 171 Å². The molecule has 1 amide bonds. The fraction of sp³-hybridized carbons (Fsp3) is 0.619. The van der Waals surface area contributed by atoms with Crippen LogP contribution in [0.3, 0.4) is 0 Å². The number of aryl methyl sites for hydroxylation is 1. The van der Waals surface area contributed by atoms with Crippen molar-refractivity contribution in [2.75, 3.05) is 11.5 Å². The van der Waals surface area contributed by atoms with Crippen LogP contribution in [0.4, 0.5) is 0 Å². The third kappa shape index (κ3) is 4.62. The second-order valence-electron chi connectivity index (χ2n) is 8.39. The van der Waals surface area contributed by atoms with E-state index in [0.717, 1.165) is 12.0 Å². The maximum atomic E-state index is 12.5. The van der Waals surface area contributed by atoms with Crippen LogP contribution in [0.15, 0.2) is 29.3 Å². The summed E-state index contributed by atoms with van der Waals surface area (Å²) in [7, 11) is -3.01. The number of rotatable bonds is 5. The molecule has 2 aliphatic heterocycles. The van der Waals surface area contributed by atoms with Gasteiger partial charge in [-0.3, -0.25) is 4.79 Å². The molecule has 3 aliphatic rings. The quantitative estimate of drug-likeness (QED) is 0.729. The fourth-order valence-electron chi connectivity index (χ4n) is 4.50. The Hall–Kier alpha value is -1.34. The number of nitrogens with zero attached hydrogens (tertiary/aromatic N) is 2. The molecule has 2 saturated heterocycles. The smallest absolute Gasteiger partial charge is 0.248 e. The van der Waals surface area contributed by atoms with Crippen molar-refractivity contribution in [2.24, 2.45) is 10.9 Å². The van der Waals surface area contributed by atoms with Crippen LogP contribution in [0, 0.1) is 12.8 Å². The van der Waals surface area contributed by atoms with Crippen molar-refractivity contribution in [3.63, 3.8) is 0 Å². The molecule has 0 N–H and O–H groups in total. The van der Waals surface area contributed by atoms with Crippen LogP contribution in [0.5, 0.6) is 0 Å². The van der Waals surface area contributed by atoms with Gasteiger partial charge in [-0.2, -0.15) is 4.99 Å². The second-order valence-corrected chi connectivity index (χ2v) is 11.8. The molecule has 1 saturated carbocycles. The number of fused-ring (bicyclic) bond motifs is 1. The predicted molar refractivity (Wildman–Crippen MR) is 114 cm³/mol. The SMILES string of the molecule is Cc1ccc(CN2C(=NC(=O)CCC3CCCC3)S[C@@H]3CS(=O)(=O)C[C@@H]32)cc1. The molecule has 7 heteroatoms. The van der Waals surface area contributed by atoms with Crippen molar-refractivity contribution in [1.29, 1.82) is 0 Å². The molecule has 5 nitrogen and oxygen atoms in total. The molecule has 0 radical (unpaired) electrons. The molecule has 1 aromatic rings. The zero-order valence-electron chi connectivity index (χ0n) is 16.3. The van der Waals surface area contributed by atoms with Gasteiger partial charge in [0.05, 0.1) is 17.5 Å². The molecule has 2 heterocycles. The minimum absolute atomic E-state index is 0.0168. The summed E-state index contributed by atoms with van der Waals surface area (Å²) in [4.78, 5) is 19.0. The van der Waals surface area contributed by atoms with E-state index < -0.39 is 9.84 Å². The molecular weight excluding hydrogens is 392 g/mol. The first-order valence-corrected chi connectivity index (χ1v) is 12.9. The van der Waals surface area contributed by atoms with Gasteiger partial charge in [0, 0.05) is 18.2 Å². The Morgan fingerprint density at radius 3 is 2.61 bits per heavy atom. The van der Waals surface area contributed by atoms with E-state index in [-0.39, 0.29) is 28.7 Å². The summed E-state index contributed by atoms with van der Waals surface area (Å²) in [5.74, 6) is 0.952. The summed E-state index contributed by atoms with van der Waals surface area (Å²) in [6.45, 7) is 2.64. The average molecular weight is 421 g/mol. The van der Waals surface area contributed by atoms with Gasteiger partial charge >= 0.3 is 0 Å². The molecule has 0 bridgehead atoms. The van der Waals surface area contributed by atoms with Crippen molar-refractivity contribution in [2.45, 2.75) is 63.3 Å². The van der Waals surface area contributed by atoms with E-state index in [1.165, 1.54) is 43.0 Å². The van der Waals surface area contributed by atoms with Crippen LogP contribution in [0.25, 0.3) is 0 Å². The van der Waals surface area contributed by atoms with Crippen LogP contribution in [-0.2, 0) is 21.2 Å². The Morgan fingerprint density at radius 1 is 1.18 bits per heavy atom. The Bertz CT molecular complexity index is 858. The first-order chi connectivity index (χ1) is 13.4. The highest BCUT2D eigenvalue weighted by Gasteiger charge is 2.48. The maximum Gasteiger partial charge on any atom is 0.248 e. The van der Waals surface area contributed by atoms with Crippen LogP contribution >= 0.6 is 11.8 Å². The van der Waals surface area contributed by atoms with Crippen molar-refractivity contribution in [3.05, 3.63) is 35.4 Å². The van der Waals surface area contributed by atoms with Gasteiger partial charge in [0.15, 0.2) is 15.0 Å². The number of amides is 1. The molecule has 3 fully saturated rings. The van der Waals surface area contributed by atoms with Crippen molar-refractivity contribution < 1.29 is 13.2 Å². The van der Waals surface area contributed by atoms with E-state index in [2.05, 4.69) is 34.2 Å². The molecular formula is C21H28N2O3S2. The lowest BCUT2D eigenvalue weighted by Crippen LogP contribution is -2.37. The molecule has 4 rings (SSSR count). The molecule has 0 aromatic heterocycles. The molecule has 0 spiro atoms. The highest BCUT2D eigenvalue weighted by atomic mass is 32.2. The van der Waals surface area contributed by atoms with E-state index in [9.17, 15) is 13.2 Å². The minimum Gasteiger partial charge on any atom is -0.342 e. The molecule has 0 unspecified atom stereocenters. The third-order valence-electron chi connectivity index (χ3n) is 6.11. The zero-order valence-corrected chi connectivity index (χ0v) is 18.0. The third-order valence-corrected chi connectivity index (χ3v) is 9.36. The Morgan fingerprint density at radius 2 is 1.89 bits per heavy atom. The lowest BCUT2D eigenvalue weighted by Gasteiger charge is -2.24. The predicted octanol–water partition coefficient (Wildman–Crippen LogP) is 3.56. The van der Waals surface area contributed by atoms with E-state index in [1.54, 1.807) is 0 Å². The van der Waals surface area contributed by atoms with Gasteiger partial charge in [-0.1, -0.05) is 67.3 Å². The summed E-state index contributed by atoms with van der Waals surface area (Å²) < 4.78 is 24.2. The van der Waals surface area contributed by atoms with Gasteiger partial charge in [-0.25, -0.2) is 8.42 Å². The summed E-state index contributed by atoms with van der Waals surface area (Å²) >= 11 is 1.48. The van der Waals surface area contributed by atoms with E-state index in [4.69, 9.17) is 0 Å². The monoisotopic (exact) mass is 420 g/mol. The number of aliphatic imine (C=N–C) groups is 1. The molecule has 1 aliphatic carbocycles. The maximum absolute atomic E-state index is 12.5. The van der Waals surface area contributed by atoms with Gasteiger partial charge < -0.3 is 4.90 Å². The number of hydrogen-bond acceptors (Lipinski definition) is 4. The van der Waals surface area contributed by atoms with Gasteiger partial charge in [-0.15, -0.1) is 0 Å². The first kappa shape index (κ1) is 20.0. The zero-order chi connectivity index (χ0) is 19.7. The van der Waals surface area contributed by atoms with Crippen LogP contribution in [0.1, 0.15) is 49.7 Å². The van der Waals surface area contributed by atoms with Gasteiger partial charge in [-0.05, 0) is 24.8 Å². The van der Waals surface area contributed by atoms with Gasteiger partial charge in [0.25, 0.3) is 0 Å². The van der Waals surface area contributed by atoms with Crippen molar-refractivity contribution in [1.82, 2.24) is 4.90 Å². The lowest BCUT2D eigenvalue weighted by molar-refractivity contribution is -0.118. The molecule has 1 aromatic carbocycles. The van der Waals surface area contributed by atoms with E-state index in [1.807, 2.05) is 6.92 Å².